The van der Waals surface area contributed by atoms with E-state index in [0.717, 1.165) is 18.2 Å². The van der Waals surface area contributed by atoms with Gasteiger partial charge < -0.3 is 5.32 Å². The number of halogens is 5. The van der Waals surface area contributed by atoms with E-state index in [1.54, 1.807) is 12.1 Å². The van der Waals surface area contributed by atoms with E-state index >= 15 is 0 Å². The molecular formula is C18H10ClF4N3O. The Labute approximate surface area is 155 Å². The first-order valence-electron chi connectivity index (χ1n) is 7.51. The van der Waals surface area contributed by atoms with Gasteiger partial charge in [-0.25, -0.2) is 9.37 Å². The standard InChI is InChI=1S/C18H10ClF4N3O/c19-13-2-1-7-24-16(13)12-5-3-10(8-14(12)20)17(27)26-15-6-4-11(9-25-15)18(21,22)23/h1-9H,(H,25,26,27). The Bertz CT molecular complexity index is 991. The van der Waals surface area contributed by atoms with E-state index in [1.165, 1.54) is 18.3 Å². The van der Waals surface area contributed by atoms with Crippen molar-refractivity contribution in [3.8, 4) is 11.3 Å². The van der Waals surface area contributed by atoms with Crippen molar-refractivity contribution in [1.82, 2.24) is 9.97 Å². The van der Waals surface area contributed by atoms with E-state index in [2.05, 4.69) is 15.3 Å². The summed E-state index contributed by atoms with van der Waals surface area (Å²) in [6.45, 7) is 0. The number of carbonyl (C=O) groups is 1. The average molecular weight is 396 g/mol. The van der Waals surface area contributed by atoms with Crippen LogP contribution in [0.15, 0.2) is 54.9 Å². The van der Waals surface area contributed by atoms with Crippen LogP contribution < -0.4 is 5.32 Å². The largest absolute Gasteiger partial charge is 0.417 e. The Kier molecular flexibility index (Phi) is 5.09. The maximum Gasteiger partial charge on any atom is 0.417 e. The van der Waals surface area contributed by atoms with Gasteiger partial charge in [0, 0.05) is 23.5 Å². The lowest BCUT2D eigenvalue weighted by Crippen LogP contribution is -2.14. The van der Waals surface area contributed by atoms with Crippen LogP contribution in [0.4, 0.5) is 23.4 Å². The van der Waals surface area contributed by atoms with E-state index in [4.69, 9.17) is 11.6 Å². The molecule has 0 unspecified atom stereocenters. The molecule has 0 aliphatic rings. The van der Waals surface area contributed by atoms with Gasteiger partial charge in [0.2, 0.25) is 0 Å². The molecule has 1 aromatic carbocycles. The number of nitrogens with zero attached hydrogens (tertiary/aromatic N) is 2. The van der Waals surface area contributed by atoms with E-state index < -0.39 is 23.5 Å². The fourth-order valence-corrected chi connectivity index (χ4v) is 2.48. The molecule has 0 spiro atoms. The summed E-state index contributed by atoms with van der Waals surface area (Å²) in [5, 5.41) is 2.56. The third-order valence-electron chi connectivity index (χ3n) is 3.58. The Morgan fingerprint density at radius 2 is 1.85 bits per heavy atom. The molecule has 9 heteroatoms. The molecule has 27 heavy (non-hydrogen) atoms. The molecule has 3 aromatic rings. The van der Waals surface area contributed by atoms with Gasteiger partial charge in [0.25, 0.3) is 5.91 Å². The Morgan fingerprint density at radius 3 is 2.44 bits per heavy atom. The van der Waals surface area contributed by atoms with E-state index in [0.29, 0.717) is 6.20 Å². The van der Waals surface area contributed by atoms with Crippen LogP contribution in [0.2, 0.25) is 5.02 Å². The summed E-state index contributed by atoms with van der Waals surface area (Å²) in [5.41, 5.74) is -0.633. The monoisotopic (exact) mass is 395 g/mol. The van der Waals surface area contributed by atoms with Crippen LogP contribution in [0.25, 0.3) is 11.3 Å². The highest BCUT2D eigenvalue weighted by Crippen LogP contribution is 2.30. The van der Waals surface area contributed by atoms with Crippen LogP contribution in [0, 0.1) is 5.82 Å². The van der Waals surface area contributed by atoms with Crippen LogP contribution in [-0.2, 0) is 6.18 Å². The van der Waals surface area contributed by atoms with Crippen molar-refractivity contribution >= 4 is 23.3 Å². The van der Waals surface area contributed by atoms with E-state index in [9.17, 15) is 22.4 Å². The first-order chi connectivity index (χ1) is 12.8. The van der Waals surface area contributed by atoms with Crippen molar-refractivity contribution in [2.75, 3.05) is 5.32 Å². The second-order valence-corrected chi connectivity index (χ2v) is 5.82. The Hall–Kier alpha value is -3.00. The van der Waals surface area contributed by atoms with Gasteiger partial charge in [0.1, 0.15) is 11.6 Å². The molecule has 1 N–H and O–H groups in total. The lowest BCUT2D eigenvalue weighted by atomic mass is 10.1. The molecule has 0 bridgehead atoms. The van der Waals surface area contributed by atoms with Gasteiger partial charge in [-0.15, -0.1) is 0 Å². The molecule has 3 rings (SSSR count). The number of amides is 1. The van der Waals surface area contributed by atoms with Gasteiger partial charge in [0.15, 0.2) is 0 Å². The summed E-state index contributed by atoms with van der Waals surface area (Å²) < 4.78 is 51.9. The predicted octanol–water partition coefficient (Wildman–Crippen LogP) is 5.21. The van der Waals surface area contributed by atoms with Crippen LogP contribution in [0.5, 0.6) is 0 Å². The quantitative estimate of drug-likeness (QED) is 0.619. The molecule has 138 valence electrons. The summed E-state index contributed by atoms with van der Waals surface area (Å²) in [7, 11) is 0. The highest BCUT2D eigenvalue weighted by Gasteiger charge is 2.30. The second-order valence-electron chi connectivity index (χ2n) is 5.41. The van der Waals surface area contributed by atoms with Crippen molar-refractivity contribution in [2.24, 2.45) is 0 Å². The predicted molar refractivity (Wildman–Crippen MR) is 91.8 cm³/mol. The average Bonchev–Trinajstić information content (AvgIpc) is 2.62. The highest BCUT2D eigenvalue weighted by molar-refractivity contribution is 6.33. The first-order valence-corrected chi connectivity index (χ1v) is 7.88. The van der Waals surface area contributed by atoms with Crippen molar-refractivity contribution in [3.63, 3.8) is 0 Å². The zero-order valence-electron chi connectivity index (χ0n) is 13.4. The minimum absolute atomic E-state index is 0.0370. The molecule has 0 radical (unpaired) electrons. The number of anilines is 1. The number of rotatable bonds is 3. The summed E-state index contributed by atoms with van der Waals surface area (Å²) in [6, 6.07) is 8.64. The topological polar surface area (TPSA) is 54.9 Å². The van der Waals surface area contributed by atoms with E-state index in [1.807, 2.05) is 0 Å². The van der Waals surface area contributed by atoms with Crippen molar-refractivity contribution < 1.29 is 22.4 Å². The SMILES string of the molecule is O=C(Nc1ccc(C(F)(F)F)cn1)c1ccc(-c2ncccc2Cl)c(F)c1. The maximum absolute atomic E-state index is 14.4. The molecule has 0 saturated carbocycles. The van der Waals surface area contributed by atoms with Gasteiger partial charge in [-0.05, 0) is 42.5 Å². The minimum atomic E-state index is -4.53. The Morgan fingerprint density at radius 1 is 1.07 bits per heavy atom. The minimum Gasteiger partial charge on any atom is -0.307 e. The fourth-order valence-electron chi connectivity index (χ4n) is 2.26. The molecule has 2 aromatic heterocycles. The number of hydrogen-bond donors (Lipinski definition) is 1. The molecule has 0 saturated heterocycles. The number of alkyl halides is 3. The molecule has 0 atom stereocenters. The summed E-state index contributed by atoms with van der Waals surface area (Å²) in [4.78, 5) is 19.7. The first kappa shape index (κ1) is 18.8. The molecule has 0 aliphatic carbocycles. The smallest absolute Gasteiger partial charge is 0.307 e. The lowest BCUT2D eigenvalue weighted by Gasteiger charge is -2.09. The normalized spacial score (nSPS) is 11.3. The van der Waals surface area contributed by atoms with Crippen LogP contribution in [0.3, 0.4) is 0 Å². The van der Waals surface area contributed by atoms with Gasteiger partial charge >= 0.3 is 6.18 Å². The molecule has 4 nitrogen and oxygen atoms in total. The molecule has 0 aliphatic heterocycles. The third-order valence-corrected chi connectivity index (χ3v) is 3.88. The van der Waals surface area contributed by atoms with Crippen LogP contribution >= 0.6 is 11.6 Å². The van der Waals surface area contributed by atoms with E-state index in [-0.39, 0.29) is 27.7 Å². The van der Waals surface area contributed by atoms with Crippen LogP contribution in [0.1, 0.15) is 15.9 Å². The lowest BCUT2D eigenvalue weighted by molar-refractivity contribution is -0.137. The zero-order chi connectivity index (χ0) is 19.6. The maximum atomic E-state index is 14.4. The molecule has 2 heterocycles. The van der Waals surface area contributed by atoms with Gasteiger partial charge in [0.05, 0.1) is 16.3 Å². The highest BCUT2D eigenvalue weighted by atomic mass is 35.5. The Balaban J connectivity index is 1.80. The fraction of sp³-hybridized carbons (Fsp3) is 0.0556. The van der Waals surface area contributed by atoms with Gasteiger partial charge in [-0.3, -0.25) is 9.78 Å². The number of benzene rings is 1. The van der Waals surface area contributed by atoms with Crippen molar-refractivity contribution in [3.05, 3.63) is 76.8 Å². The molecular weight excluding hydrogens is 386 g/mol. The number of nitrogens with one attached hydrogen (secondary N) is 1. The number of pyridine rings is 2. The van der Waals surface area contributed by atoms with Crippen molar-refractivity contribution in [2.45, 2.75) is 6.18 Å². The molecule has 0 fully saturated rings. The summed E-state index contributed by atoms with van der Waals surface area (Å²) in [6.07, 6.45) is -2.47. The molecule has 1 amide bonds. The third kappa shape index (κ3) is 4.22. The van der Waals surface area contributed by atoms with Crippen LogP contribution in [-0.4, -0.2) is 15.9 Å². The zero-order valence-corrected chi connectivity index (χ0v) is 14.1. The summed E-state index contributed by atoms with van der Waals surface area (Å²) in [5.74, 6) is -1.53. The second kappa shape index (κ2) is 7.32. The van der Waals surface area contributed by atoms with Gasteiger partial charge in [-0.2, -0.15) is 13.2 Å². The van der Waals surface area contributed by atoms with Crippen molar-refractivity contribution in [1.29, 1.82) is 0 Å². The van der Waals surface area contributed by atoms with Gasteiger partial charge in [-0.1, -0.05) is 11.6 Å². The summed E-state index contributed by atoms with van der Waals surface area (Å²) >= 11 is 5.99. The number of hydrogen-bond acceptors (Lipinski definition) is 3. The number of carbonyl (C=O) groups excluding carboxylic acids is 1. The number of aromatic nitrogens is 2.